The predicted octanol–water partition coefficient (Wildman–Crippen LogP) is 3.35. The summed E-state index contributed by atoms with van der Waals surface area (Å²) in [5.41, 5.74) is 7.81. The van der Waals surface area contributed by atoms with Gasteiger partial charge in [0.25, 0.3) is 0 Å². The lowest BCUT2D eigenvalue weighted by molar-refractivity contribution is 1.33. The molecule has 2 N–H and O–H groups in total. The van der Waals surface area contributed by atoms with Crippen LogP contribution in [0.3, 0.4) is 0 Å². The molecule has 4 heteroatoms. The molecule has 0 saturated heterocycles. The molecular weight excluding hydrogens is 216 g/mol. The van der Waals surface area contributed by atoms with Crippen molar-refractivity contribution in [2.75, 3.05) is 5.73 Å². The number of hydrogen-bond donors (Lipinski definition) is 1. The third-order valence-corrected chi connectivity index (χ3v) is 3.09. The molecule has 0 aliphatic rings. The summed E-state index contributed by atoms with van der Waals surface area (Å²) < 4.78 is 0. The van der Waals surface area contributed by atoms with Gasteiger partial charge in [-0.1, -0.05) is 11.6 Å². The SMILES string of the molecule is Cc1sccc1-c1cc(Cl)cnc1N. The van der Waals surface area contributed by atoms with E-state index in [9.17, 15) is 0 Å². The fourth-order valence-corrected chi connectivity index (χ4v) is 2.20. The molecule has 0 aliphatic heterocycles. The Morgan fingerprint density at radius 1 is 1.43 bits per heavy atom. The predicted molar refractivity (Wildman–Crippen MR) is 61.7 cm³/mol. The molecule has 0 amide bonds. The molecule has 0 aromatic carbocycles. The number of nitrogens with two attached hydrogens (primary N) is 1. The number of aryl methyl sites for hydroxylation is 1. The average molecular weight is 225 g/mol. The minimum atomic E-state index is 0.524. The molecule has 2 rings (SSSR count). The molecule has 0 aliphatic carbocycles. The van der Waals surface area contributed by atoms with Crippen molar-refractivity contribution < 1.29 is 0 Å². The van der Waals surface area contributed by atoms with E-state index in [4.69, 9.17) is 17.3 Å². The maximum absolute atomic E-state index is 5.87. The lowest BCUT2D eigenvalue weighted by atomic mass is 10.1. The Hall–Kier alpha value is -1.06. The van der Waals surface area contributed by atoms with E-state index in [1.165, 1.54) is 4.88 Å². The summed E-state index contributed by atoms with van der Waals surface area (Å²) in [7, 11) is 0. The molecule has 2 aromatic heterocycles. The Morgan fingerprint density at radius 2 is 2.21 bits per heavy atom. The number of halogens is 1. The molecular formula is C10H9ClN2S. The van der Waals surface area contributed by atoms with E-state index in [0.29, 0.717) is 10.8 Å². The third kappa shape index (κ3) is 1.61. The molecule has 2 nitrogen and oxygen atoms in total. The molecule has 14 heavy (non-hydrogen) atoms. The first-order valence-electron chi connectivity index (χ1n) is 4.14. The number of pyridine rings is 1. The van der Waals surface area contributed by atoms with Gasteiger partial charge in [-0.25, -0.2) is 4.98 Å². The lowest BCUT2D eigenvalue weighted by Gasteiger charge is -2.04. The zero-order valence-corrected chi connectivity index (χ0v) is 9.19. The molecule has 0 radical (unpaired) electrons. The maximum atomic E-state index is 5.87. The van der Waals surface area contributed by atoms with Gasteiger partial charge in [-0.3, -0.25) is 0 Å². The van der Waals surface area contributed by atoms with Crippen molar-refractivity contribution in [3.05, 3.63) is 33.6 Å². The minimum Gasteiger partial charge on any atom is -0.383 e. The Labute approximate surface area is 91.4 Å². The van der Waals surface area contributed by atoms with Crippen LogP contribution in [-0.2, 0) is 0 Å². The van der Waals surface area contributed by atoms with Gasteiger partial charge in [0.05, 0.1) is 5.02 Å². The smallest absolute Gasteiger partial charge is 0.131 e. The lowest BCUT2D eigenvalue weighted by Crippen LogP contribution is -1.93. The van der Waals surface area contributed by atoms with Crippen molar-refractivity contribution in [1.82, 2.24) is 4.98 Å². The molecule has 0 unspecified atom stereocenters. The fourth-order valence-electron chi connectivity index (χ4n) is 1.33. The molecule has 0 atom stereocenters. The number of nitrogen functional groups attached to an aromatic ring is 1. The Morgan fingerprint density at radius 3 is 2.86 bits per heavy atom. The quantitative estimate of drug-likeness (QED) is 0.807. The fraction of sp³-hybridized carbons (Fsp3) is 0.100. The van der Waals surface area contributed by atoms with Crippen LogP contribution in [0.1, 0.15) is 4.88 Å². The van der Waals surface area contributed by atoms with E-state index in [1.807, 2.05) is 17.5 Å². The molecule has 0 bridgehead atoms. The number of nitrogens with zero attached hydrogens (tertiary/aromatic N) is 1. The van der Waals surface area contributed by atoms with Crippen molar-refractivity contribution in [2.45, 2.75) is 6.92 Å². The highest BCUT2D eigenvalue weighted by Crippen LogP contribution is 2.32. The van der Waals surface area contributed by atoms with E-state index < -0.39 is 0 Å². The average Bonchev–Trinajstić information content (AvgIpc) is 2.56. The van der Waals surface area contributed by atoms with Crippen molar-refractivity contribution in [3.63, 3.8) is 0 Å². The molecule has 0 saturated carbocycles. The summed E-state index contributed by atoms with van der Waals surface area (Å²) in [6.45, 7) is 2.06. The third-order valence-electron chi connectivity index (χ3n) is 2.03. The Bertz CT molecular complexity index is 465. The van der Waals surface area contributed by atoms with Crippen LogP contribution in [-0.4, -0.2) is 4.98 Å². The van der Waals surface area contributed by atoms with Gasteiger partial charge in [-0.15, -0.1) is 11.3 Å². The van der Waals surface area contributed by atoms with Gasteiger partial charge in [0.15, 0.2) is 0 Å². The number of hydrogen-bond acceptors (Lipinski definition) is 3. The molecule has 2 aromatic rings. The van der Waals surface area contributed by atoms with Gasteiger partial charge in [0.1, 0.15) is 5.82 Å². The zero-order valence-electron chi connectivity index (χ0n) is 7.62. The molecule has 72 valence electrons. The van der Waals surface area contributed by atoms with E-state index >= 15 is 0 Å². The molecule has 2 heterocycles. The summed E-state index contributed by atoms with van der Waals surface area (Å²) in [6, 6.07) is 3.88. The summed E-state index contributed by atoms with van der Waals surface area (Å²) in [6.07, 6.45) is 1.56. The number of aromatic nitrogens is 1. The van der Waals surface area contributed by atoms with Gasteiger partial charge < -0.3 is 5.73 Å². The largest absolute Gasteiger partial charge is 0.383 e. The van der Waals surface area contributed by atoms with E-state index in [0.717, 1.165) is 11.1 Å². The van der Waals surface area contributed by atoms with Crippen LogP contribution < -0.4 is 5.73 Å². The van der Waals surface area contributed by atoms with Crippen LogP contribution in [0.15, 0.2) is 23.7 Å². The van der Waals surface area contributed by atoms with Gasteiger partial charge >= 0.3 is 0 Å². The second-order valence-corrected chi connectivity index (χ2v) is 4.53. The highest BCUT2D eigenvalue weighted by molar-refractivity contribution is 7.10. The number of anilines is 1. The number of rotatable bonds is 1. The Balaban J connectivity index is 2.62. The van der Waals surface area contributed by atoms with Gasteiger partial charge in [-0.2, -0.15) is 0 Å². The van der Waals surface area contributed by atoms with Gasteiger partial charge in [0.2, 0.25) is 0 Å². The van der Waals surface area contributed by atoms with Crippen LogP contribution in [0.2, 0.25) is 5.02 Å². The minimum absolute atomic E-state index is 0.524. The molecule has 0 spiro atoms. The topological polar surface area (TPSA) is 38.9 Å². The first kappa shape index (κ1) is 9.49. The first-order valence-corrected chi connectivity index (χ1v) is 5.39. The van der Waals surface area contributed by atoms with Crippen molar-refractivity contribution in [2.24, 2.45) is 0 Å². The van der Waals surface area contributed by atoms with Crippen LogP contribution in [0.4, 0.5) is 5.82 Å². The van der Waals surface area contributed by atoms with E-state index in [1.54, 1.807) is 17.5 Å². The second-order valence-electron chi connectivity index (χ2n) is 2.98. The monoisotopic (exact) mass is 224 g/mol. The van der Waals surface area contributed by atoms with E-state index in [2.05, 4.69) is 11.9 Å². The first-order chi connectivity index (χ1) is 6.68. The number of thiophene rings is 1. The van der Waals surface area contributed by atoms with Gasteiger partial charge in [0, 0.05) is 16.6 Å². The summed E-state index contributed by atoms with van der Waals surface area (Å²) >= 11 is 7.56. The van der Waals surface area contributed by atoms with Crippen LogP contribution in [0.5, 0.6) is 0 Å². The van der Waals surface area contributed by atoms with Crippen LogP contribution >= 0.6 is 22.9 Å². The van der Waals surface area contributed by atoms with Crippen LogP contribution in [0, 0.1) is 6.92 Å². The normalized spacial score (nSPS) is 10.4. The van der Waals surface area contributed by atoms with E-state index in [-0.39, 0.29) is 0 Å². The summed E-state index contributed by atoms with van der Waals surface area (Å²) in [5.74, 6) is 0.524. The van der Waals surface area contributed by atoms with Crippen LogP contribution in [0.25, 0.3) is 11.1 Å². The van der Waals surface area contributed by atoms with Crippen molar-refractivity contribution in [1.29, 1.82) is 0 Å². The maximum Gasteiger partial charge on any atom is 0.131 e. The Kier molecular flexibility index (Phi) is 2.44. The summed E-state index contributed by atoms with van der Waals surface area (Å²) in [5, 5.41) is 2.64. The van der Waals surface area contributed by atoms with Crippen molar-refractivity contribution in [3.8, 4) is 11.1 Å². The van der Waals surface area contributed by atoms with Crippen molar-refractivity contribution >= 4 is 28.8 Å². The second kappa shape index (κ2) is 3.59. The van der Waals surface area contributed by atoms with Gasteiger partial charge in [-0.05, 0) is 30.0 Å². The standard InChI is InChI=1S/C10H9ClN2S/c1-6-8(2-3-14-6)9-4-7(11)5-13-10(9)12/h2-5H,1H3,(H2,12,13). The zero-order chi connectivity index (χ0) is 10.1. The highest BCUT2D eigenvalue weighted by atomic mass is 35.5. The highest BCUT2D eigenvalue weighted by Gasteiger charge is 2.08. The molecule has 0 fully saturated rings. The summed E-state index contributed by atoms with van der Waals surface area (Å²) in [4.78, 5) is 5.25.